The summed E-state index contributed by atoms with van der Waals surface area (Å²) in [7, 11) is 3.27. The van der Waals surface area contributed by atoms with Crippen molar-refractivity contribution in [3.63, 3.8) is 0 Å². The molecule has 1 atom stereocenters. The minimum Gasteiger partial charge on any atom is -0.493 e. The summed E-state index contributed by atoms with van der Waals surface area (Å²) in [5.41, 5.74) is 4.39. The van der Waals surface area contributed by atoms with Gasteiger partial charge in [0.1, 0.15) is 18.5 Å². The number of aromatic nitrogens is 2. The van der Waals surface area contributed by atoms with Gasteiger partial charge in [-0.1, -0.05) is 18.2 Å². The van der Waals surface area contributed by atoms with Crippen LogP contribution in [0, 0.1) is 0 Å². The summed E-state index contributed by atoms with van der Waals surface area (Å²) < 4.78 is 16.5. The first-order chi connectivity index (χ1) is 16.2. The van der Waals surface area contributed by atoms with Crippen LogP contribution in [-0.2, 0) is 6.42 Å². The van der Waals surface area contributed by atoms with Crippen molar-refractivity contribution in [2.45, 2.75) is 12.5 Å². The Labute approximate surface area is 193 Å². The van der Waals surface area contributed by atoms with Gasteiger partial charge in [-0.3, -0.25) is 4.98 Å². The van der Waals surface area contributed by atoms with E-state index in [1.54, 1.807) is 38.7 Å². The molecule has 3 N–H and O–H groups in total. The van der Waals surface area contributed by atoms with Crippen LogP contribution in [-0.4, -0.2) is 55.1 Å². The van der Waals surface area contributed by atoms with Gasteiger partial charge in [-0.25, -0.2) is 0 Å². The van der Waals surface area contributed by atoms with Crippen LogP contribution in [0.5, 0.6) is 17.2 Å². The van der Waals surface area contributed by atoms with Crippen molar-refractivity contribution in [3.05, 3.63) is 72.6 Å². The number of pyridine rings is 1. The fourth-order valence-electron chi connectivity index (χ4n) is 3.87. The van der Waals surface area contributed by atoms with Crippen LogP contribution in [0.15, 0.2) is 67.0 Å². The van der Waals surface area contributed by atoms with Crippen LogP contribution in [0.25, 0.3) is 22.2 Å². The number of fused-ring (bicyclic) bond motifs is 1. The lowest BCUT2D eigenvalue weighted by Gasteiger charge is -2.14. The Kier molecular flexibility index (Phi) is 7.44. The summed E-state index contributed by atoms with van der Waals surface area (Å²) in [5, 5.41) is 14.8. The van der Waals surface area contributed by atoms with E-state index in [0.717, 1.165) is 23.2 Å². The molecule has 2 heterocycles. The van der Waals surface area contributed by atoms with Crippen LogP contribution in [0.4, 0.5) is 0 Å². The molecule has 0 radical (unpaired) electrons. The number of aliphatic hydroxyl groups excluding tert-OH is 1. The van der Waals surface area contributed by atoms with E-state index in [1.165, 1.54) is 10.9 Å². The minimum absolute atomic E-state index is 0.223. The van der Waals surface area contributed by atoms with Crippen molar-refractivity contribution in [1.82, 2.24) is 15.3 Å². The van der Waals surface area contributed by atoms with Gasteiger partial charge in [0.2, 0.25) is 0 Å². The lowest BCUT2D eigenvalue weighted by Crippen LogP contribution is -2.32. The normalized spacial score (nSPS) is 12.0. The number of para-hydroxylation sites is 1. The molecular weight excluding hydrogens is 418 g/mol. The zero-order valence-electron chi connectivity index (χ0n) is 18.9. The molecule has 2 aromatic heterocycles. The smallest absolute Gasteiger partial charge is 0.161 e. The highest BCUT2D eigenvalue weighted by molar-refractivity contribution is 5.91. The van der Waals surface area contributed by atoms with E-state index in [-0.39, 0.29) is 6.61 Å². The molecule has 1 unspecified atom stereocenters. The van der Waals surface area contributed by atoms with E-state index >= 15 is 0 Å². The van der Waals surface area contributed by atoms with Crippen LogP contribution in [0.3, 0.4) is 0 Å². The summed E-state index contributed by atoms with van der Waals surface area (Å²) in [4.78, 5) is 7.51. The highest BCUT2D eigenvalue weighted by Crippen LogP contribution is 2.36. The topological polar surface area (TPSA) is 88.6 Å². The van der Waals surface area contributed by atoms with E-state index in [2.05, 4.69) is 27.4 Å². The Morgan fingerprint density at radius 3 is 2.58 bits per heavy atom. The molecule has 172 valence electrons. The zero-order chi connectivity index (χ0) is 23.0. The Bertz CT molecular complexity index is 1180. The molecule has 7 nitrogen and oxygen atoms in total. The van der Waals surface area contributed by atoms with Crippen LogP contribution >= 0.6 is 0 Å². The number of nitrogens with one attached hydrogen (secondary N) is 2. The van der Waals surface area contributed by atoms with Gasteiger partial charge in [0.05, 0.1) is 14.2 Å². The molecule has 0 aliphatic heterocycles. The van der Waals surface area contributed by atoms with Crippen molar-refractivity contribution in [2.24, 2.45) is 0 Å². The lowest BCUT2D eigenvalue weighted by molar-refractivity contribution is 0.106. The number of aliphatic hydroxyl groups is 1. The van der Waals surface area contributed by atoms with E-state index in [0.29, 0.717) is 30.3 Å². The van der Waals surface area contributed by atoms with Gasteiger partial charge in [0.25, 0.3) is 0 Å². The number of hydrogen-bond donors (Lipinski definition) is 3. The van der Waals surface area contributed by atoms with Gasteiger partial charge < -0.3 is 29.6 Å². The van der Waals surface area contributed by atoms with Crippen LogP contribution in [0.1, 0.15) is 5.56 Å². The first-order valence-corrected chi connectivity index (χ1v) is 10.9. The molecule has 0 fully saturated rings. The van der Waals surface area contributed by atoms with E-state index in [1.807, 2.05) is 30.3 Å². The lowest BCUT2D eigenvalue weighted by atomic mass is 10.0. The van der Waals surface area contributed by atoms with Crippen molar-refractivity contribution < 1.29 is 19.3 Å². The van der Waals surface area contributed by atoms with Gasteiger partial charge in [-0.15, -0.1) is 0 Å². The van der Waals surface area contributed by atoms with Crippen LogP contribution < -0.4 is 19.5 Å². The second kappa shape index (κ2) is 10.8. The quantitative estimate of drug-likeness (QED) is 0.303. The monoisotopic (exact) mass is 447 g/mol. The maximum atomic E-state index is 10.2. The summed E-state index contributed by atoms with van der Waals surface area (Å²) in [6.07, 6.45) is 3.52. The average Bonchev–Trinajstić information content (AvgIpc) is 3.24. The van der Waals surface area contributed by atoms with Gasteiger partial charge in [-0.2, -0.15) is 0 Å². The van der Waals surface area contributed by atoms with E-state index in [4.69, 9.17) is 14.2 Å². The zero-order valence-corrected chi connectivity index (χ0v) is 18.9. The molecule has 0 saturated carbocycles. The van der Waals surface area contributed by atoms with Gasteiger partial charge in [0, 0.05) is 41.1 Å². The Morgan fingerprint density at radius 2 is 1.79 bits per heavy atom. The molecule has 2 aromatic carbocycles. The Hall–Kier alpha value is -3.55. The number of rotatable bonds is 11. The van der Waals surface area contributed by atoms with Crippen molar-refractivity contribution >= 4 is 10.9 Å². The molecule has 0 saturated heterocycles. The highest BCUT2D eigenvalue weighted by Gasteiger charge is 2.15. The molecule has 0 bridgehead atoms. The number of nitrogens with zero attached hydrogens (tertiary/aromatic N) is 1. The molecule has 0 aliphatic rings. The number of aromatic amines is 1. The third kappa shape index (κ3) is 5.45. The number of H-pyrrole nitrogens is 1. The Morgan fingerprint density at radius 1 is 1.00 bits per heavy atom. The molecule has 4 rings (SSSR count). The maximum Gasteiger partial charge on any atom is 0.161 e. The van der Waals surface area contributed by atoms with Crippen LogP contribution in [0.2, 0.25) is 0 Å². The van der Waals surface area contributed by atoms with Crippen molar-refractivity contribution in [1.29, 1.82) is 0 Å². The number of methoxy groups -OCH3 is 2. The summed E-state index contributed by atoms with van der Waals surface area (Å²) in [6, 6.07) is 17.8. The van der Waals surface area contributed by atoms with Crippen molar-refractivity contribution in [3.8, 4) is 28.5 Å². The largest absolute Gasteiger partial charge is 0.493 e. The summed E-state index contributed by atoms with van der Waals surface area (Å²) >= 11 is 0. The van der Waals surface area contributed by atoms with Gasteiger partial charge >= 0.3 is 0 Å². The van der Waals surface area contributed by atoms with Gasteiger partial charge in [-0.05, 0) is 54.9 Å². The molecule has 0 amide bonds. The molecule has 0 aliphatic carbocycles. The van der Waals surface area contributed by atoms with E-state index in [9.17, 15) is 5.11 Å². The SMILES string of the molecule is COc1ccc(-c2[nH]c3ccccc3c2CCNCC(O)COc2ccncc2)cc1OC. The standard InChI is InChI=1S/C26H29N3O4/c1-31-24-8-7-18(15-25(24)32-2)26-22(21-5-3-4-6-23(21)29-26)11-14-28-16-19(30)17-33-20-9-12-27-13-10-20/h3-10,12-13,15,19,28-30H,11,14,16-17H2,1-2H3. The first kappa shape index (κ1) is 22.6. The Balaban J connectivity index is 1.43. The molecule has 7 heteroatoms. The minimum atomic E-state index is -0.605. The van der Waals surface area contributed by atoms with Gasteiger partial charge in [0.15, 0.2) is 11.5 Å². The van der Waals surface area contributed by atoms with E-state index < -0.39 is 6.10 Å². The number of benzene rings is 2. The third-order valence-electron chi connectivity index (χ3n) is 5.51. The second-order valence-corrected chi connectivity index (χ2v) is 7.70. The second-order valence-electron chi connectivity index (χ2n) is 7.70. The molecule has 0 spiro atoms. The maximum absolute atomic E-state index is 10.2. The third-order valence-corrected chi connectivity index (χ3v) is 5.51. The van der Waals surface area contributed by atoms with Crippen molar-refractivity contribution in [2.75, 3.05) is 33.9 Å². The molecule has 33 heavy (non-hydrogen) atoms. The summed E-state index contributed by atoms with van der Waals surface area (Å²) in [5.74, 6) is 2.08. The predicted octanol–water partition coefficient (Wildman–Crippen LogP) is 3.82. The number of hydrogen-bond acceptors (Lipinski definition) is 6. The fraction of sp³-hybridized carbons (Fsp3) is 0.269. The highest BCUT2D eigenvalue weighted by atomic mass is 16.5. The number of ether oxygens (including phenoxy) is 3. The fourth-order valence-corrected chi connectivity index (χ4v) is 3.87. The first-order valence-electron chi connectivity index (χ1n) is 10.9. The predicted molar refractivity (Wildman–Crippen MR) is 129 cm³/mol. The average molecular weight is 448 g/mol. The molecule has 4 aromatic rings. The summed E-state index contributed by atoms with van der Waals surface area (Å²) in [6.45, 7) is 1.38. The molecular formula is C26H29N3O4.